The van der Waals surface area contributed by atoms with Gasteiger partial charge in [-0.2, -0.15) is 0 Å². The normalized spacial score (nSPS) is 17.4. The average Bonchev–Trinajstić information content (AvgIpc) is 3.16. The van der Waals surface area contributed by atoms with E-state index in [1.165, 1.54) is 11.3 Å². The lowest BCUT2D eigenvalue weighted by molar-refractivity contribution is -0.134. The number of nitrogens with zero attached hydrogens (tertiary/aromatic N) is 2. The molecule has 3 aromatic carbocycles. The van der Waals surface area contributed by atoms with E-state index in [4.69, 9.17) is 4.74 Å². The highest BCUT2D eigenvalue weighted by Gasteiger charge is 2.35. The van der Waals surface area contributed by atoms with Gasteiger partial charge in [0.15, 0.2) is 6.61 Å². The summed E-state index contributed by atoms with van der Waals surface area (Å²) >= 11 is 0.953. The van der Waals surface area contributed by atoms with E-state index in [9.17, 15) is 14.4 Å². The molecular formula is C28H26N2O4S. The number of rotatable bonds is 6. The lowest BCUT2D eigenvalue weighted by Gasteiger charge is -2.26. The lowest BCUT2D eigenvalue weighted by Crippen LogP contribution is -2.38. The molecule has 6 nitrogen and oxygen atoms in total. The Hall–Kier alpha value is -3.58. The third-order valence-electron chi connectivity index (χ3n) is 6.33. The quantitative estimate of drug-likeness (QED) is 0.433. The van der Waals surface area contributed by atoms with Crippen LogP contribution in [0.2, 0.25) is 0 Å². The van der Waals surface area contributed by atoms with Crippen molar-refractivity contribution < 1.29 is 19.1 Å². The molecule has 0 unspecified atom stereocenters. The van der Waals surface area contributed by atoms with Gasteiger partial charge in [-0.3, -0.25) is 19.3 Å². The zero-order valence-corrected chi connectivity index (χ0v) is 20.1. The maximum Gasteiger partial charge on any atom is 0.293 e. The molecule has 3 amide bonds. The second kappa shape index (κ2) is 10.4. The number of imide groups is 1. The number of amides is 3. The second-order valence-corrected chi connectivity index (χ2v) is 9.70. The molecule has 2 saturated heterocycles. The summed E-state index contributed by atoms with van der Waals surface area (Å²) < 4.78 is 5.66. The van der Waals surface area contributed by atoms with Gasteiger partial charge in [0.05, 0.1) is 11.4 Å². The highest BCUT2D eigenvalue weighted by atomic mass is 32.2. The van der Waals surface area contributed by atoms with E-state index in [0.29, 0.717) is 10.7 Å². The monoisotopic (exact) mass is 486 g/mol. The van der Waals surface area contributed by atoms with Gasteiger partial charge in [0.2, 0.25) is 0 Å². The Labute approximate surface area is 208 Å². The summed E-state index contributed by atoms with van der Waals surface area (Å²) in [4.78, 5) is 41.5. The number of benzene rings is 3. The van der Waals surface area contributed by atoms with Gasteiger partial charge in [-0.05, 0) is 71.1 Å². The van der Waals surface area contributed by atoms with Crippen LogP contribution in [-0.4, -0.2) is 46.5 Å². The number of hydrogen-bond acceptors (Lipinski definition) is 5. The summed E-state index contributed by atoms with van der Waals surface area (Å²) in [6.45, 7) is 1.86. The molecule has 2 fully saturated rings. The molecule has 0 bridgehead atoms. The molecule has 35 heavy (non-hydrogen) atoms. The molecule has 2 aliphatic heterocycles. The van der Waals surface area contributed by atoms with Crippen molar-refractivity contribution in [2.45, 2.75) is 25.8 Å². The first-order valence-corrected chi connectivity index (χ1v) is 12.6. The van der Waals surface area contributed by atoms with Gasteiger partial charge in [0.1, 0.15) is 5.75 Å². The molecule has 0 radical (unpaired) electrons. The Bertz CT molecular complexity index is 1290. The van der Waals surface area contributed by atoms with Crippen molar-refractivity contribution in [2.24, 2.45) is 0 Å². The molecule has 3 aromatic rings. The van der Waals surface area contributed by atoms with Gasteiger partial charge < -0.3 is 9.64 Å². The van der Waals surface area contributed by atoms with Crippen LogP contribution in [0, 0.1) is 0 Å². The van der Waals surface area contributed by atoms with E-state index < -0.39 is 0 Å². The first-order valence-electron chi connectivity index (χ1n) is 11.8. The van der Waals surface area contributed by atoms with Crippen LogP contribution in [0.3, 0.4) is 0 Å². The zero-order valence-electron chi connectivity index (χ0n) is 19.3. The van der Waals surface area contributed by atoms with Crippen molar-refractivity contribution in [1.82, 2.24) is 9.80 Å². The predicted octanol–water partition coefficient (Wildman–Crippen LogP) is 5.47. The third-order valence-corrected chi connectivity index (χ3v) is 7.24. The SMILES string of the molecule is O=C(COc1ccc(/C=C2\SC(=O)N(Cc3cccc4ccccc34)C2=O)cc1)N1CCCCC1. The average molecular weight is 487 g/mol. The van der Waals surface area contributed by atoms with E-state index in [0.717, 1.165) is 59.6 Å². The van der Waals surface area contributed by atoms with E-state index in [1.807, 2.05) is 59.5 Å². The van der Waals surface area contributed by atoms with Crippen LogP contribution in [0.15, 0.2) is 71.6 Å². The summed E-state index contributed by atoms with van der Waals surface area (Å²) in [7, 11) is 0. The molecule has 0 atom stereocenters. The molecule has 0 N–H and O–H groups in total. The smallest absolute Gasteiger partial charge is 0.293 e. The number of carbonyl (C=O) groups is 3. The molecular weight excluding hydrogens is 460 g/mol. The highest BCUT2D eigenvalue weighted by Crippen LogP contribution is 2.34. The van der Waals surface area contributed by atoms with Gasteiger partial charge in [-0.15, -0.1) is 0 Å². The molecule has 2 heterocycles. The fraction of sp³-hybridized carbons (Fsp3) is 0.250. The van der Waals surface area contributed by atoms with Crippen molar-refractivity contribution in [3.63, 3.8) is 0 Å². The van der Waals surface area contributed by atoms with Gasteiger partial charge in [-0.1, -0.05) is 54.6 Å². The molecule has 5 rings (SSSR count). The fourth-order valence-electron chi connectivity index (χ4n) is 4.43. The molecule has 7 heteroatoms. The Morgan fingerprint density at radius 3 is 2.46 bits per heavy atom. The Morgan fingerprint density at radius 2 is 1.66 bits per heavy atom. The van der Waals surface area contributed by atoms with Crippen LogP contribution in [-0.2, 0) is 16.1 Å². The molecule has 178 valence electrons. The largest absolute Gasteiger partial charge is 0.484 e. The lowest BCUT2D eigenvalue weighted by atomic mass is 10.0. The Kier molecular flexibility index (Phi) is 6.86. The number of hydrogen-bond donors (Lipinski definition) is 0. The standard InChI is InChI=1S/C28H26N2O4S/c31-26(29-15-4-1-5-16-29)19-34-23-13-11-20(12-14-23)17-25-27(32)30(28(33)35-25)18-22-9-6-8-21-7-2-3-10-24(21)22/h2-3,6-14,17H,1,4-5,15-16,18-19H2/b25-17-. The minimum atomic E-state index is -0.291. The summed E-state index contributed by atoms with van der Waals surface area (Å²) in [6.07, 6.45) is 4.99. The van der Waals surface area contributed by atoms with Crippen LogP contribution in [0.1, 0.15) is 30.4 Å². The maximum atomic E-state index is 13.0. The topological polar surface area (TPSA) is 66.9 Å². The van der Waals surface area contributed by atoms with Crippen LogP contribution in [0.25, 0.3) is 16.8 Å². The number of fused-ring (bicyclic) bond motifs is 1. The molecule has 0 saturated carbocycles. The van der Waals surface area contributed by atoms with Gasteiger partial charge in [0.25, 0.3) is 17.1 Å². The Morgan fingerprint density at radius 1 is 0.914 bits per heavy atom. The third kappa shape index (κ3) is 5.25. The second-order valence-electron chi connectivity index (χ2n) is 8.71. The summed E-state index contributed by atoms with van der Waals surface area (Å²) in [5.41, 5.74) is 1.72. The molecule has 0 aromatic heterocycles. The van der Waals surface area contributed by atoms with Crippen molar-refractivity contribution in [1.29, 1.82) is 0 Å². The zero-order chi connectivity index (χ0) is 24.2. The van der Waals surface area contributed by atoms with Crippen molar-refractivity contribution in [2.75, 3.05) is 19.7 Å². The molecule has 0 spiro atoms. The van der Waals surface area contributed by atoms with E-state index in [2.05, 4.69) is 0 Å². The number of piperidine rings is 1. The van der Waals surface area contributed by atoms with Crippen molar-refractivity contribution >= 4 is 45.7 Å². The molecule has 0 aliphatic carbocycles. The van der Waals surface area contributed by atoms with Gasteiger partial charge in [-0.25, -0.2) is 0 Å². The maximum absolute atomic E-state index is 13.0. The van der Waals surface area contributed by atoms with Crippen LogP contribution in [0.4, 0.5) is 4.79 Å². The number of carbonyl (C=O) groups excluding carboxylic acids is 3. The Balaban J connectivity index is 1.23. The van der Waals surface area contributed by atoms with Gasteiger partial charge in [0, 0.05) is 13.1 Å². The van der Waals surface area contributed by atoms with Crippen LogP contribution in [0.5, 0.6) is 5.75 Å². The highest BCUT2D eigenvalue weighted by molar-refractivity contribution is 8.18. The number of likely N-dealkylation sites (tertiary alicyclic amines) is 1. The minimum Gasteiger partial charge on any atom is -0.484 e. The van der Waals surface area contributed by atoms with Crippen LogP contribution >= 0.6 is 11.8 Å². The molecule has 2 aliphatic rings. The first kappa shape index (κ1) is 23.2. The van der Waals surface area contributed by atoms with E-state index in [1.54, 1.807) is 18.2 Å². The van der Waals surface area contributed by atoms with Crippen LogP contribution < -0.4 is 4.74 Å². The van der Waals surface area contributed by atoms with E-state index >= 15 is 0 Å². The summed E-state index contributed by atoms with van der Waals surface area (Å²) in [5.74, 6) is 0.311. The van der Waals surface area contributed by atoms with Crippen molar-refractivity contribution in [3.8, 4) is 5.75 Å². The summed E-state index contributed by atoms with van der Waals surface area (Å²) in [6, 6.07) is 21.0. The minimum absolute atomic E-state index is 0.00800. The fourth-order valence-corrected chi connectivity index (χ4v) is 5.27. The summed E-state index contributed by atoms with van der Waals surface area (Å²) in [5, 5.41) is 1.84. The number of thioether (sulfide) groups is 1. The van der Waals surface area contributed by atoms with Crippen molar-refractivity contribution in [3.05, 3.63) is 82.8 Å². The van der Waals surface area contributed by atoms with E-state index in [-0.39, 0.29) is 30.2 Å². The predicted molar refractivity (Wildman–Crippen MR) is 138 cm³/mol. The number of ether oxygens (including phenoxy) is 1. The van der Waals surface area contributed by atoms with Gasteiger partial charge >= 0.3 is 0 Å². The first-order chi connectivity index (χ1) is 17.1.